The average molecular weight is 512 g/mol. The van der Waals surface area contributed by atoms with Crippen molar-refractivity contribution in [1.29, 1.82) is 0 Å². The van der Waals surface area contributed by atoms with Crippen LogP contribution in [0.25, 0.3) is 0 Å². The fourth-order valence-electron chi connectivity index (χ4n) is 5.38. The second-order valence-corrected chi connectivity index (χ2v) is 10.2. The number of amides is 3. The number of hydrogen-bond donors (Lipinski definition) is 3. The van der Waals surface area contributed by atoms with Crippen molar-refractivity contribution >= 4 is 29.0 Å². The van der Waals surface area contributed by atoms with Gasteiger partial charge < -0.3 is 20.9 Å². The Labute approximate surface area is 225 Å². The lowest BCUT2D eigenvalue weighted by Crippen LogP contribution is -2.46. The second kappa shape index (κ2) is 12.6. The summed E-state index contributed by atoms with van der Waals surface area (Å²) in [4.78, 5) is 30.9. The fourth-order valence-corrected chi connectivity index (χ4v) is 5.38. The molecule has 7 nitrogen and oxygen atoms in total. The molecular weight excluding hydrogens is 474 g/mol. The molecule has 38 heavy (non-hydrogen) atoms. The molecule has 0 bridgehead atoms. The third-order valence-corrected chi connectivity index (χ3v) is 7.43. The number of hydrogen-bond acceptors (Lipinski definition) is 4. The van der Waals surface area contributed by atoms with Crippen molar-refractivity contribution < 1.29 is 9.59 Å². The van der Waals surface area contributed by atoms with Crippen LogP contribution in [-0.4, -0.2) is 49.1 Å². The molecule has 1 aliphatic heterocycles. The first-order valence-electron chi connectivity index (χ1n) is 13.7. The van der Waals surface area contributed by atoms with Gasteiger partial charge in [-0.3, -0.25) is 9.69 Å². The van der Waals surface area contributed by atoms with Crippen LogP contribution in [0.1, 0.15) is 48.0 Å². The Hall–Kier alpha value is -3.84. The van der Waals surface area contributed by atoms with Gasteiger partial charge in [-0.1, -0.05) is 67.8 Å². The molecule has 1 saturated carbocycles. The number of rotatable bonds is 7. The normalized spacial score (nSPS) is 16.6. The molecule has 7 heteroatoms. The summed E-state index contributed by atoms with van der Waals surface area (Å²) in [7, 11) is 0. The molecule has 5 rings (SSSR count). The average Bonchev–Trinajstić information content (AvgIpc) is 2.95. The van der Waals surface area contributed by atoms with Crippen molar-refractivity contribution in [2.24, 2.45) is 0 Å². The van der Waals surface area contributed by atoms with E-state index in [1.165, 1.54) is 12.0 Å². The molecule has 3 aromatic carbocycles. The molecule has 3 N–H and O–H groups in total. The monoisotopic (exact) mass is 511 g/mol. The SMILES string of the molecule is O=C(Nc1ccccc1)Nc1ccc(N2CCN(Cc3ccccc3)CC2)c(C(=O)NC2CCCCC2)c1. The van der Waals surface area contributed by atoms with Crippen LogP contribution >= 0.6 is 0 Å². The van der Waals surface area contributed by atoms with Crippen molar-refractivity contribution in [2.45, 2.75) is 44.7 Å². The first-order chi connectivity index (χ1) is 18.6. The maximum Gasteiger partial charge on any atom is 0.323 e. The van der Waals surface area contributed by atoms with Gasteiger partial charge in [0.05, 0.1) is 5.56 Å². The molecule has 1 saturated heterocycles. The Morgan fingerprint density at radius 3 is 2.11 bits per heavy atom. The zero-order chi connectivity index (χ0) is 26.2. The maximum atomic E-state index is 13.5. The van der Waals surface area contributed by atoms with Gasteiger partial charge in [-0.25, -0.2) is 4.79 Å². The minimum absolute atomic E-state index is 0.0641. The minimum atomic E-state index is -0.336. The van der Waals surface area contributed by atoms with Crippen molar-refractivity contribution in [3.05, 3.63) is 90.0 Å². The zero-order valence-corrected chi connectivity index (χ0v) is 21.9. The molecule has 3 aromatic rings. The lowest BCUT2D eigenvalue weighted by Gasteiger charge is -2.37. The summed E-state index contributed by atoms with van der Waals surface area (Å²) < 4.78 is 0. The number of urea groups is 1. The van der Waals surface area contributed by atoms with E-state index in [0.29, 0.717) is 16.9 Å². The summed E-state index contributed by atoms with van der Waals surface area (Å²) >= 11 is 0. The van der Waals surface area contributed by atoms with E-state index in [9.17, 15) is 9.59 Å². The molecule has 0 unspecified atom stereocenters. The Kier molecular flexibility index (Phi) is 8.56. The van der Waals surface area contributed by atoms with Crippen LogP contribution in [0.5, 0.6) is 0 Å². The van der Waals surface area contributed by atoms with Crippen molar-refractivity contribution in [3.8, 4) is 0 Å². The highest BCUT2D eigenvalue weighted by atomic mass is 16.2. The van der Waals surface area contributed by atoms with E-state index in [2.05, 4.69) is 50.0 Å². The summed E-state index contributed by atoms with van der Waals surface area (Å²) in [6, 6.07) is 25.4. The highest BCUT2D eigenvalue weighted by Gasteiger charge is 2.24. The first kappa shape index (κ1) is 25.8. The Morgan fingerprint density at radius 2 is 1.39 bits per heavy atom. The van der Waals surface area contributed by atoms with E-state index in [1.54, 1.807) is 0 Å². The standard InChI is InChI=1S/C31H37N5O2/c37-30(32-25-12-6-2-7-13-25)28-22-27(34-31(38)33-26-14-8-3-9-15-26)16-17-29(28)36-20-18-35(19-21-36)23-24-10-4-1-5-11-24/h1,3-5,8-11,14-17,22,25H,2,6-7,12-13,18-21,23H2,(H,32,37)(H2,33,34,38). The maximum absolute atomic E-state index is 13.5. The first-order valence-corrected chi connectivity index (χ1v) is 13.7. The van der Waals surface area contributed by atoms with Crippen LogP contribution in [0, 0.1) is 0 Å². The number of nitrogens with one attached hydrogen (secondary N) is 3. The molecule has 3 amide bonds. The molecule has 198 valence electrons. The van der Waals surface area contributed by atoms with Gasteiger partial charge in [-0.2, -0.15) is 0 Å². The smallest absolute Gasteiger partial charge is 0.323 e. The quantitative estimate of drug-likeness (QED) is 0.379. The van der Waals surface area contributed by atoms with Gasteiger partial charge in [0, 0.05) is 55.8 Å². The van der Waals surface area contributed by atoms with Gasteiger partial charge >= 0.3 is 6.03 Å². The highest BCUT2D eigenvalue weighted by molar-refractivity contribution is 6.04. The number of benzene rings is 3. The predicted molar refractivity (Wildman–Crippen MR) is 154 cm³/mol. The highest BCUT2D eigenvalue weighted by Crippen LogP contribution is 2.27. The number of piperazine rings is 1. The number of anilines is 3. The van der Waals surface area contributed by atoms with Crippen LogP contribution in [0.4, 0.5) is 21.9 Å². The van der Waals surface area contributed by atoms with Crippen molar-refractivity contribution in [1.82, 2.24) is 10.2 Å². The van der Waals surface area contributed by atoms with Crippen LogP contribution in [-0.2, 0) is 6.54 Å². The Morgan fingerprint density at radius 1 is 0.737 bits per heavy atom. The minimum Gasteiger partial charge on any atom is -0.368 e. The number of para-hydroxylation sites is 1. The molecule has 2 aliphatic rings. The molecule has 0 radical (unpaired) electrons. The molecular formula is C31H37N5O2. The number of carbonyl (C=O) groups is 2. The van der Waals surface area contributed by atoms with E-state index in [4.69, 9.17) is 0 Å². The molecule has 1 heterocycles. The fraction of sp³-hybridized carbons (Fsp3) is 0.355. The van der Waals surface area contributed by atoms with Gasteiger partial charge in [0.25, 0.3) is 5.91 Å². The summed E-state index contributed by atoms with van der Waals surface area (Å²) in [5.74, 6) is -0.0641. The molecule has 0 atom stereocenters. The van der Waals surface area contributed by atoms with Crippen LogP contribution in [0.2, 0.25) is 0 Å². The zero-order valence-electron chi connectivity index (χ0n) is 21.9. The largest absolute Gasteiger partial charge is 0.368 e. The Balaban J connectivity index is 1.29. The van der Waals surface area contributed by atoms with E-state index in [-0.39, 0.29) is 18.0 Å². The summed E-state index contributed by atoms with van der Waals surface area (Å²) in [6.45, 7) is 4.48. The molecule has 1 aliphatic carbocycles. The van der Waals surface area contributed by atoms with Gasteiger partial charge in [0.2, 0.25) is 0 Å². The van der Waals surface area contributed by atoms with E-state index in [1.807, 2.05) is 54.6 Å². The van der Waals surface area contributed by atoms with Crippen molar-refractivity contribution in [3.63, 3.8) is 0 Å². The lowest BCUT2D eigenvalue weighted by atomic mass is 9.95. The van der Waals surface area contributed by atoms with Crippen LogP contribution in [0.3, 0.4) is 0 Å². The van der Waals surface area contributed by atoms with E-state index < -0.39 is 0 Å². The molecule has 0 spiro atoms. The van der Waals surface area contributed by atoms with E-state index in [0.717, 1.165) is 64.1 Å². The van der Waals surface area contributed by atoms with Gasteiger partial charge in [-0.15, -0.1) is 0 Å². The van der Waals surface area contributed by atoms with Gasteiger partial charge in [0.15, 0.2) is 0 Å². The molecule has 0 aromatic heterocycles. The number of nitrogens with zero attached hydrogens (tertiary/aromatic N) is 2. The summed E-state index contributed by atoms with van der Waals surface area (Å²) in [5.41, 5.74) is 4.16. The Bertz CT molecular complexity index is 1200. The second-order valence-electron chi connectivity index (χ2n) is 10.2. The predicted octanol–water partition coefficient (Wildman–Crippen LogP) is 5.72. The number of carbonyl (C=O) groups excluding carboxylic acids is 2. The molecule has 2 fully saturated rings. The lowest BCUT2D eigenvalue weighted by molar-refractivity contribution is 0.0928. The third-order valence-electron chi connectivity index (χ3n) is 7.43. The van der Waals surface area contributed by atoms with Gasteiger partial charge in [0.1, 0.15) is 0 Å². The van der Waals surface area contributed by atoms with Crippen molar-refractivity contribution in [2.75, 3.05) is 41.7 Å². The third kappa shape index (κ3) is 6.92. The van der Waals surface area contributed by atoms with E-state index >= 15 is 0 Å². The van der Waals surface area contributed by atoms with Crippen LogP contribution in [0.15, 0.2) is 78.9 Å². The summed E-state index contributed by atoms with van der Waals surface area (Å²) in [5, 5.41) is 9.01. The summed E-state index contributed by atoms with van der Waals surface area (Å²) in [6.07, 6.45) is 5.60. The van der Waals surface area contributed by atoms with Crippen LogP contribution < -0.4 is 20.9 Å². The van der Waals surface area contributed by atoms with Gasteiger partial charge in [-0.05, 0) is 48.7 Å². The topological polar surface area (TPSA) is 76.7 Å².